The second-order valence-electron chi connectivity index (χ2n) is 3.63. The van der Waals surface area contributed by atoms with Crippen LogP contribution in [0.25, 0.3) is 0 Å². The van der Waals surface area contributed by atoms with Crippen LogP contribution in [0.3, 0.4) is 0 Å². The van der Waals surface area contributed by atoms with Crippen LogP contribution in [0.1, 0.15) is 31.7 Å². The number of aryl methyl sites for hydroxylation is 1. The molecule has 1 aromatic carbocycles. The Bertz CT molecular complexity index is 314. The van der Waals surface area contributed by atoms with E-state index in [0.717, 1.165) is 35.7 Å². The number of rotatable bonds is 5. The van der Waals surface area contributed by atoms with Gasteiger partial charge >= 0.3 is 0 Å². The van der Waals surface area contributed by atoms with Gasteiger partial charge in [-0.15, -0.1) is 11.6 Å². The lowest BCUT2D eigenvalue weighted by molar-refractivity contribution is 0.624. The predicted molar refractivity (Wildman–Crippen MR) is 67.0 cm³/mol. The van der Waals surface area contributed by atoms with Gasteiger partial charge in [-0.2, -0.15) is 0 Å². The van der Waals surface area contributed by atoms with E-state index in [0.29, 0.717) is 0 Å². The maximum Gasteiger partial charge on any atom is 0.124 e. The molecule has 0 spiro atoms. The maximum absolute atomic E-state index is 12.8. The molecule has 0 aromatic heterocycles. The van der Waals surface area contributed by atoms with E-state index >= 15 is 0 Å². The topological polar surface area (TPSA) is 0 Å². The van der Waals surface area contributed by atoms with Crippen LogP contribution in [0, 0.1) is 5.82 Å². The number of hydrogen-bond donors (Lipinski definition) is 0. The molecule has 1 aromatic rings. The fourth-order valence-corrected chi connectivity index (χ4v) is 2.15. The van der Waals surface area contributed by atoms with Crippen molar-refractivity contribution in [2.75, 3.05) is 0 Å². The van der Waals surface area contributed by atoms with Crippen molar-refractivity contribution >= 4 is 27.5 Å². The molecular weight excluding hydrogens is 278 g/mol. The molecule has 1 atom stereocenters. The summed E-state index contributed by atoms with van der Waals surface area (Å²) in [4.78, 5) is 0. The van der Waals surface area contributed by atoms with Crippen molar-refractivity contribution in [3.8, 4) is 0 Å². The zero-order chi connectivity index (χ0) is 11.3. The van der Waals surface area contributed by atoms with Crippen molar-refractivity contribution in [2.45, 2.75) is 38.0 Å². The molecule has 15 heavy (non-hydrogen) atoms. The summed E-state index contributed by atoms with van der Waals surface area (Å²) in [6.45, 7) is 2.09. The summed E-state index contributed by atoms with van der Waals surface area (Å²) in [5.41, 5.74) is 1.15. The van der Waals surface area contributed by atoms with Crippen LogP contribution in [0.2, 0.25) is 0 Å². The van der Waals surface area contributed by atoms with Gasteiger partial charge in [-0.3, -0.25) is 0 Å². The Morgan fingerprint density at radius 3 is 2.80 bits per heavy atom. The summed E-state index contributed by atoms with van der Waals surface area (Å²) in [7, 11) is 0. The molecule has 84 valence electrons. The van der Waals surface area contributed by atoms with Gasteiger partial charge in [0.05, 0.1) is 0 Å². The minimum absolute atomic E-state index is 0.200. The third-order valence-corrected chi connectivity index (χ3v) is 3.69. The van der Waals surface area contributed by atoms with E-state index in [-0.39, 0.29) is 11.2 Å². The molecule has 0 saturated heterocycles. The summed E-state index contributed by atoms with van der Waals surface area (Å²) in [6.07, 6.45) is 4.02. The van der Waals surface area contributed by atoms with Crippen LogP contribution in [-0.2, 0) is 6.42 Å². The Labute approximate surface area is 104 Å². The highest BCUT2D eigenvalue weighted by atomic mass is 79.9. The van der Waals surface area contributed by atoms with Crippen molar-refractivity contribution in [3.63, 3.8) is 0 Å². The molecule has 3 heteroatoms. The van der Waals surface area contributed by atoms with Crippen LogP contribution in [0.15, 0.2) is 22.7 Å². The fraction of sp³-hybridized carbons (Fsp3) is 0.500. The zero-order valence-corrected chi connectivity index (χ0v) is 11.1. The highest BCUT2D eigenvalue weighted by Gasteiger charge is 2.04. The zero-order valence-electron chi connectivity index (χ0n) is 8.77. The first-order chi connectivity index (χ1) is 7.13. The van der Waals surface area contributed by atoms with Crippen LogP contribution < -0.4 is 0 Å². The van der Waals surface area contributed by atoms with Gasteiger partial charge < -0.3 is 0 Å². The molecule has 0 heterocycles. The first-order valence-corrected chi connectivity index (χ1v) is 6.44. The number of alkyl halides is 1. The second-order valence-corrected chi connectivity index (χ2v) is 5.11. The summed E-state index contributed by atoms with van der Waals surface area (Å²) >= 11 is 9.38. The molecule has 0 aliphatic rings. The Kier molecular flexibility index (Phi) is 5.62. The van der Waals surface area contributed by atoms with Crippen LogP contribution in [0.4, 0.5) is 4.39 Å². The van der Waals surface area contributed by atoms with Crippen molar-refractivity contribution < 1.29 is 4.39 Å². The van der Waals surface area contributed by atoms with Gasteiger partial charge in [0.25, 0.3) is 0 Å². The summed E-state index contributed by atoms with van der Waals surface area (Å²) < 4.78 is 13.7. The van der Waals surface area contributed by atoms with E-state index in [9.17, 15) is 4.39 Å². The van der Waals surface area contributed by atoms with Crippen LogP contribution >= 0.6 is 27.5 Å². The summed E-state index contributed by atoms with van der Waals surface area (Å²) in [5.74, 6) is -0.200. The lowest BCUT2D eigenvalue weighted by atomic mass is 10.1. The molecule has 0 N–H and O–H groups in total. The number of hydrogen-bond acceptors (Lipinski definition) is 0. The number of benzene rings is 1. The molecule has 0 nitrogen and oxygen atoms in total. The van der Waals surface area contributed by atoms with Gasteiger partial charge in [0.2, 0.25) is 0 Å². The molecule has 0 amide bonds. The van der Waals surface area contributed by atoms with Gasteiger partial charge in [-0.05, 0) is 43.4 Å². The largest absolute Gasteiger partial charge is 0.207 e. The first kappa shape index (κ1) is 13.0. The Hall–Kier alpha value is -0.0800. The van der Waals surface area contributed by atoms with Gasteiger partial charge in [0.15, 0.2) is 0 Å². The minimum atomic E-state index is -0.200. The smallest absolute Gasteiger partial charge is 0.124 e. The van der Waals surface area contributed by atoms with Crippen molar-refractivity contribution in [1.29, 1.82) is 0 Å². The second kappa shape index (κ2) is 6.49. The average Bonchev–Trinajstić information content (AvgIpc) is 2.21. The highest BCUT2D eigenvalue weighted by Crippen LogP contribution is 2.21. The van der Waals surface area contributed by atoms with Crippen molar-refractivity contribution in [1.82, 2.24) is 0 Å². The average molecular weight is 294 g/mol. The van der Waals surface area contributed by atoms with E-state index in [1.807, 2.05) is 6.07 Å². The van der Waals surface area contributed by atoms with Crippen molar-refractivity contribution in [2.24, 2.45) is 0 Å². The normalized spacial score (nSPS) is 12.8. The highest BCUT2D eigenvalue weighted by molar-refractivity contribution is 9.10. The monoisotopic (exact) mass is 292 g/mol. The van der Waals surface area contributed by atoms with Crippen LogP contribution in [0.5, 0.6) is 0 Å². The molecule has 0 saturated carbocycles. The molecule has 1 unspecified atom stereocenters. The predicted octanol–water partition coefficient (Wildman–Crippen LogP) is 4.93. The van der Waals surface area contributed by atoms with Gasteiger partial charge in [-0.25, -0.2) is 4.39 Å². The molecule has 0 aliphatic carbocycles. The SMILES string of the molecule is CCC(Cl)CCCc1ccc(F)cc1Br. The molecule has 0 bridgehead atoms. The molecule has 0 radical (unpaired) electrons. The van der Waals surface area contributed by atoms with Gasteiger partial charge in [-0.1, -0.05) is 28.9 Å². The lowest BCUT2D eigenvalue weighted by Gasteiger charge is -2.07. The molecule has 0 aliphatic heterocycles. The van der Waals surface area contributed by atoms with Gasteiger partial charge in [0.1, 0.15) is 5.82 Å². The molecule has 1 rings (SSSR count). The van der Waals surface area contributed by atoms with E-state index in [4.69, 9.17) is 11.6 Å². The van der Waals surface area contributed by atoms with Crippen LogP contribution in [-0.4, -0.2) is 5.38 Å². The Morgan fingerprint density at radius 2 is 2.20 bits per heavy atom. The quantitative estimate of drug-likeness (QED) is 0.675. The summed E-state index contributed by atoms with van der Waals surface area (Å²) in [6, 6.07) is 4.83. The van der Waals surface area contributed by atoms with E-state index < -0.39 is 0 Å². The lowest BCUT2D eigenvalue weighted by Crippen LogP contribution is -1.97. The Balaban J connectivity index is 2.44. The fourth-order valence-electron chi connectivity index (χ4n) is 1.44. The third kappa shape index (κ3) is 4.52. The molecule has 0 fully saturated rings. The standard InChI is InChI=1S/C12H15BrClF/c1-2-10(14)5-3-4-9-6-7-11(15)8-12(9)13/h6-8,10H,2-5H2,1H3. The first-order valence-electron chi connectivity index (χ1n) is 5.21. The van der Waals surface area contributed by atoms with Gasteiger partial charge in [0, 0.05) is 9.85 Å². The third-order valence-electron chi connectivity index (χ3n) is 2.42. The Morgan fingerprint density at radius 1 is 1.47 bits per heavy atom. The van der Waals surface area contributed by atoms with E-state index in [1.165, 1.54) is 12.1 Å². The van der Waals surface area contributed by atoms with E-state index in [1.54, 1.807) is 0 Å². The van der Waals surface area contributed by atoms with Crippen molar-refractivity contribution in [3.05, 3.63) is 34.1 Å². The number of halogens is 3. The minimum Gasteiger partial charge on any atom is -0.207 e. The van der Waals surface area contributed by atoms with E-state index in [2.05, 4.69) is 22.9 Å². The maximum atomic E-state index is 12.8. The molecular formula is C12H15BrClF. The summed E-state index contributed by atoms with van der Waals surface area (Å²) in [5, 5.41) is 0.268.